The Balaban J connectivity index is 1.46. The molecule has 3 atom stereocenters. The van der Waals surface area contributed by atoms with Crippen LogP contribution in [0.4, 0.5) is 24.7 Å². The Hall–Kier alpha value is -4.22. The minimum atomic E-state index is -2.77. The zero-order valence-electron chi connectivity index (χ0n) is 19.2. The molecule has 1 aliphatic heterocycles. The number of likely N-dealkylation sites (tertiary alicyclic amines) is 1. The van der Waals surface area contributed by atoms with Gasteiger partial charge in [-0.1, -0.05) is 0 Å². The average molecular weight is 517 g/mol. The lowest BCUT2D eigenvalue weighted by atomic mass is 10.0. The lowest BCUT2D eigenvalue weighted by molar-refractivity contribution is -0.146. The number of aromatic nitrogens is 4. The van der Waals surface area contributed by atoms with Crippen molar-refractivity contribution in [2.24, 2.45) is 0 Å². The van der Waals surface area contributed by atoms with Crippen molar-refractivity contribution >= 4 is 17.4 Å². The van der Waals surface area contributed by atoms with Gasteiger partial charge in [0.2, 0.25) is 0 Å². The highest BCUT2D eigenvalue weighted by Gasteiger charge is 2.35. The minimum Gasteiger partial charge on any atom is -0.486 e. The van der Waals surface area contributed by atoms with Gasteiger partial charge in [0.25, 0.3) is 5.91 Å². The highest BCUT2D eigenvalue weighted by Crippen LogP contribution is 2.29. The van der Waals surface area contributed by atoms with E-state index in [2.05, 4.69) is 20.4 Å². The van der Waals surface area contributed by atoms with Crippen molar-refractivity contribution < 1.29 is 32.9 Å². The third-order valence-electron chi connectivity index (χ3n) is 5.62. The summed E-state index contributed by atoms with van der Waals surface area (Å²) in [6.45, 7) is -3.73. The number of piperidine rings is 1. The van der Waals surface area contributed by atoms with Crippen molar-refractivity contribution in [2.45, 2.75) is 31.3 Å². The highest BCUT2D eigenvalue weighted by atomic mass is 19.3. The van der Waals surface area contributed by atoms with Crippen LogP contribution in [0.3, 0.4) is 0 Å². The van der Waals surface area contributed by atoms with E-state index in [9.17, 15) is 28.3 Å². The zero-order chi connectivity index (χ0) is 26.5. The first-order chi connectivity index (χ1) is 17.8. The average Bonchev–Trinajstić information content (AvgIpc) is 3.38. The summed E-state index contributed by atoms with van der Waals surface area (Å²) in [5.74, 6) is -0.0644. The van der Waals surface area contributed by atoms with Gasteiger partial charge in [-0.25, -0.2) is 19.0 Å². The van der Waals surface area contributed by atoms with Gasteiger partial charge in [0, 0.05) is 24.7 Å². The Morgan fingerprint density at radius 3 is 2.84 bits per heavy atom. The molecule has 0 spiro atoms. The number of rotatable bonds is 8. The fourth-order valence-corrected chi connectivity index (χ4v) is 3.75. The number of hydrogen-bond donors (Lipinski definition) is 3. The van der Waals surface area contributed by atoms with E-state index in [1.807, 2.05) is 6.07 Å². The predicted octanol–water partition coefficient (Wildman–Crippen LogP) is 2.02. The molecule has 3 aromatic rings. The molecule has 1 saturated heterocycles. The Bertz CT molecular complexity index is 1300. The van der Waals surface area contributed by atoms with Gasteiger partial charge in [0.05, 0.1) is 36.8 Å². The smallest absolute Gasteiger partial charge is 0.333 e. The molecule has 0 bridgehead atoms. The van der Waals surface area contributed by atoms with Crippen LogP contribution in [-0.2, 0) is 4.79 Å². The SMILES string of the molecule is N#Cc1cc(-c2nccc(Nc3cnn(C(F)F)c3)n2)ccc1O[C@H]1CCN(C(=O)[C@@H](O)CO)C[C@H]1F. The minimum absolute atomic E-state index is 0.110. The van der Waals surface area contributed by atoms with Gasteiger partial charge in [-0.2, -0.15) is 19.1 Å². The molecule has 0 aliphatic carbocycles. The normalized spacial score (nSPS) is 18.4. The first-order valence-electron chi connectivity index (χ1n) is 11.1. The number of nitriles is 1. The quantitative estimate of drug-likeness (QED) is 0.408. The fraction of sp³-hybridized carbons (Fsp3) is 0.348. The number of ether oxygens (including phenoxy) is 1. The van der Waals surface area contributed by atoms with Crippen LogP contribution < -0.4 is 10.1 Å². The molecule has 1 fully saturated rings. The van der Waals surface area contributed by atoms with Crippen molar-refractivity contribution in [3.05, 3.63) is 48.4 Å². The van der Waals surface area contributed by atoms with Crippen LogP contribution in [0.5, 0.6) is 5.75 Å². The summed E-state index contributed by atoms with van der Waals surface area (Å²) < 4.78 is 46.4. The molecule has 0 radical (unpaired) electrons. The Morgan fingerprint density at radius 2 is 2.16 bits per heavy atom. The summed E-state index contributed by atoms with van der Waals surface area (Å²) in [7, 11) is 0. The third-order valence-corrected chi connectivity index (χ3v) is 5.62. The van der Waals surface area contributed by atoms with E-state index < -0.39 is 37.4 Å². The van der Waals surface area contributed by atoms with Gasteiger partial charge in [0.15, 0.2) is 18.1 Å². The number of amides is 1. The van der Waals surface area contributed by atoms with Gasteiger partial charge < -0.3 is 25.2 Å². The standard InChI is InChI=1S/C23H22F3N7O4/c24-16-11-32(22(36)17(35)12-34)6-4-19(16)37-18-2-1-13(7-14(18)8-27)21-28-5-3-20(31-21)30-15-9-29-33(10-15)23(25)26/h1-3,5,7,9-10,16-17,19,23,34-35H,4,6,11-12H2,(H,28,30,31)/t16-,17+,19+/m1/s1. The summed E-state index contributed by atoms with van der Waals surface area (Å²) in [5, 5.41) is 34.4. The highest BCUT2D eigenvalue weighted by molar-refractivity contribution is 5.81. The monoisotopic (exact) mass is 517 g/mol. The van der Waals surface area contributed by atoms with Crippen LogP contribution >= 0.6 is 0 Å². The number of hydrogen-bond acceptors (Lipinski definition) is 9. The van der Waals surface area contributed by atoms with Crippen molar-refractivity contribution in [1.29, 1.82) is 5.26 Å². The number of carbonyl (C=O) groups excluding carboxylic acids is 1. The lowest BCUT2D eigenvalue weighted by Gasteiger charge is -2.35. The molecule has 11 nitrogen and oxygen atoms in total. The molecule has 37 heavy (non-hydrogen) atoms. The number of aliphatic hydroxyl groups is 2. The molecule has 3 heterocycles. The van der Waals surface area contributed by atoms with Gasteiger partial charge in [0.1, 0.15) is 23.7 Å². The lowest BCUT2D eigenvalue weighted by Crippen LogP contribution is -2.52. The van der Waals surface area contributed by atoms with E-state index in [1.54, 1.807) is 6.07 Å². The molecule has 1 aromatic carbocycles. The number of anilines is 2. The van der Waals surface area contributed by atoms with E-state index in [4.69, 9.17) is 9.84 Å². The van der Waals surface area contributed by atoms with Crippen molar-refractivity contribution in [3.8, 4) is 23.2 Å². The summed E-state index contributed by atoms with van der Waals surface area (Å²) >= 11 is 0. The van der Waals surface area contributed by atoms with Crippen molar-refractivity contribution in [2.75, 3.05) is 25.0 Å². The van der Waals surface area contributed by atoms with Gasteiger partial charge in [-0.05, 0) is 24.3 Å². The van der Waals surface area contributed by atoms with Crippen LogP contribution in [-0.4, -0.2) is 78.8 Å². The third kappa shape index (κ3) is 5.96. The molecule has 194 valence electrons. The predicted molar refractivity (Wildman–Crippen MR) is 123 cm³/mol. The Morgan fingerprint density at radius 1 is 1.35 bits per heavy atom. The number of aliphatic hydroxyl groups excluding tert-OH is 2. The largest absolute Gasteiger partial charge is 0.486 e. The molecule has 3 N–H and O–H groups in total. The molecule has 14 heteroatoms. The maximum Gasteiger partial charge on any atom is 0.333 e. The maximum atomic E-state index is 14.7. The number of nitrogens with zero attached hydrogens (tertiary/aromatic N) is 6. The first kappa shape index (κ1) is 25.9. The van der Waals surface area contributed by atoms with Crippen LogP contribution in [0.1, 0.15) is 18.5 Å². The molecule has 1 amide bonds. The molecule has 4 rings (SSSR count). The number of halogens is 3. The number of alkyl halides is 3. The molecule has 2 aromatic heterocycles. The van der Waals surface area contributed by atoms with Crippen LogP contribution in [0, 0.1) is 11.3 Å². The number of benzene rings is 1. The number of carbonyl (C=O) groups is 1. The molecule has 0 unspecified atom stereocenters. The molecule has 1 aliphatic rings. The summed E-state index contributed by atoms with van der Waals surface area (Å²) in [6, 6.07) is 8.09. The Labute approximate surface area is 208 Å². The van der Waals surface area contributed by atoms with E-state index in [0.717, 1.165) is 11.1 Å². The van der Waals surface area contributed by atoms with Gasteiger partial charge in [-0.3, -0.25) is 4.79 Å². The zero-order valence-corrected chi connectivity index (χ0v) is 19.2. The van der Waals surface area contributed by atoms with E-state index in [-0.39, 0.29) is 36.6 Å². The maximum absolute atomic E-state index is 14.7. The first-order valence-corrected chi connectivity index (χ1v) is 11.1. The van der Waals surface area contributed by atoms with Crippen LogP contribution in [0.2, 0.25) is 0 Å². The van der Waals surface area contributed by atoms with Crippen molar-refractivity contribution in [1.82, 2.24) is 24.6 Å². The molecule has 0 saturated carbocycles. The molecular weight excluding hydrogens is 495 g/mol. The second-order valence-corrected chi connectivity index (χ2v) is 8.14. The van der Waals surface area contributed by atoms with Crippen LogP contribution in [0.25, 0.3) is 11.4 Å². The molecular formula is C23H22F3N7O4. The van der Waals surface area contributed by atoms with Gasteiger partial charge in [-0.15, -0.1) is 0 Å². The summed E-state index contributed by atoms with van der Waals surface area (Å²) in [6.07, 6.45) is -0.178. The topological polar surface area (TPSA) is 149 Å². The van der Waals surface area contributed by atoms with Crippen molar-refractivity contribution in [3.63, 3.8) is 0 Å². The fourth-order valence-electron chi connectivity index (χ4n) is 3.75. The van der Waals surface area contributed by atoms with Gasteiger partial charge >= 0.3 is 6.55 Å². The van der Waals surface area contributed by atoms with Crippen LogP contribution in [0.15, 0.2) is 42.9 Å². The Kier molecular flexibility index (Phi) is 7.85. The summed E-state index contributed by atoms with van der Waals surface area (Å²) in [4.78, 5) is 21.6. The van der Waals surface area contributed by atoms with E-state index in [1.165, 1.54) is 30.6 Å². The second-order valence-electron chi connectivity index (χ2n) is 8.14. The number of nitrogens with one attached hydrogen (secondary N) is 1. The second kappa shape index (κ2) is 11.2. The summed E-state index contributed by atoms with van der Waals surface area (Å²) in [5.41, 5.74) is 0.871. The van der Waals surface area contributed by atoms with E-state index in [0.29, 0.717) is 21.8 Å². The van der Waals surface area contributed by atoms with E-state index >= 15 is 0 Å².